The number of hydrogen-bond donors (Lipinski definition) is 2. The Hall–Kier alpha value is -1.43. The normalized spacial score (nSPS) is 18.6. The zero-order valence-corrected chi connectivity index (χ0v) is 13.9. The van der Waals surface area contributed by atoms with Crippen LogP contribution in [0.4, 0.5) is 5.82 Å². The number of nitrogens with zero attached hydrogens (tertiary/aromatic N) is 3. The molecule has 2 N–H and O–H groups in total. The van der Waals surface area contributed by atoms with Crippen LogP contribution in [0.2, 0.25) is 0 Å². The predicted octanol–water partition coefficient (Wildman–Crippen LogP) is 1.71. The zero-order valence-electron chi connectivity index (χ0n) is 13.1. The Morgan fingerprint density at radius 1 is 1.43 bits per heavy atom. The molecule has 2 rings (SSSR count). The first kappa shape index (κ1) is 15.9. The summed E-state index contributed by atoms with van der Waals surface area (Å²) in [5.41, 5.74) is 1.01. The van der Waals surface area contributed by atoms with Crippen LogP contribution in [0.3, 0.4) is 0 Å². The SMILES string of the molecule is CN=C(NCc1cccc(N(C)C)n1)NCC1CCCS1. The van der Waals surface area contributed by atoms with Gasteiger partial charge in [0.15, 0.2) is 5.96 Å². The van der Waals surface area contributed by atoms with Crippen LogP contribution >= 0.6 is 11.8 Å². The highest BCUT2D eigenvalue weighted by Gasteiger charge is 2.15. The maximum atomic E-state index is 4.59. The number of hydrogen-bond acceptors (Lipinski definition) is 4. The van der Waals surface area contributed by atoms with E-state index in [0.717, 1.165) is 29.3 Å². The molecule has 1 fully saturated rings. The Morgan fingerprint density at radius 2 is 2.29 bits per heavy atom. The lowest BCUT2D eigenvalue weighted by molar-refractivity contribution is 0.723. The molecule has 1 unspecified atom stereocenters. The molecular weight excluding hydrogens is 282 g/mol. The molecule has 1 aromatic rings. The summed E-state index contributed by atoms with van der Waals surface area (Å²) in [5, 5.41) is 7.44. The van der Waals surface area contributed by atoms with Crippen LogP contribution in [0.25, 0.3) is 0 Å². The number of pyridine rings is 1. The van der Waals surface area contributed by atoms with E-state index in [4.69, 9.17) is 0 Å². The molecule has 21 heavy (non-hydrogen) atoms. The highest BCUT2D eigenvalue weighted by molar-refractivity contribution is 8.00. The van der Waals surface area contributed by atoms with E-state index >= 15 is 0 Å². The molecule has 1 atom stereocenters. The van der Waals surface area contributed by atoms with Crippen molar-refractivity contribution in [1.82, 2.24) is 15.6 Å². The summed E-state index contributed by atoms with van der Waals surface area (Å²) in [4.78, 5) is 10.9. The van der Waals surface area contributed by atoms with Crippen molar-refractivity contribution >= 4 is 23.5 Å². The maximum absolute atomic E-state index is 4.59. The summed E-state index contributed by atoms with van der Waals surface area (Å²) in [7, 11) is 5.80. The molecule has 1 saturated heterocycles. The second-order valence-corrected chi connectivity index (χ2v) is 6.73. The van der Waals surface area contributed by atoms with E-state index in [9.17, 15) is 0 Å². The smallest absolute Gasteiger partial charge is 0.191 e. The van der Waals surface area contributed by atoms with Crippen molar-refractivity contribution in [2.24, 2.45) is 4.99 Å². The first-order chi connectivity index (χ1) is 10.2. The number of aliphatic imine (C=N–C) groups is 1. The second kappa shape index (κ2) is 8.12. The van der Waals surface area contributed by atoms with Gasteiger partial charge >= 0.3 is 0 Å². The van der Waals surface area contributed by atoms with Crippen molar-refractivity contribution in [3.05, 3.63) is 23.9 Å². The Morgan fingerprint density at radius 3 is 2.95 bits per heavy atom. The Balaban J connectivity index is 1.80. The van der Waals surface area contributed by atoms with Gasteiger partial charge in [-0.05, 0) is 30.7 Å². The first-order valence-electron chi connectivity index (χ1n) is 7.38. The minimum Gasteiger partial charge on any atom is -0.363 e. The number of guanidine groups is 1. The van der Waals surface area contributed by atoms with E-state index in [1.807, 2.05) is 37.2 Å². The van der Waals surface area contributed by atoms with Crippen LogP contribution in [-0.2, 0) is 6.54 Å². The molecule has 2 heterocycles. The van der Waals surface area contributed by atoms with Crippen molar-refractivity contribution in [1.29, 1.82) is 0 Å². The van der Waals surface area contributed by atoms with Crippen LogP contribution in [-0.4, -0.2) is 49.6 Å². The molecule has 1 aromatic heterocycles. The lowest BCUT2D eigenvalue weighted by Crippen LogP contribution is -2.39. The average molecular weight is 307 g/mol. The van der Waals surface area contributed by atoms with Crippen LogP contribution < -0.4 is 15.5 Å². The van der Waals surface area contributed by atoms with E-state index in [0.29, 0.717) is 6.54 Å². The third-order valence-corrected chi connectivity index (χ3v) is 4.83. The molecule has 6 heteroatoms. The first-order valence-corrected chi connectivity index (χ1v) is 8.43. The van der Waals surface area contributed by atoms with Gasteiger partial charge in [0, 0.05) is 32.9 Å². The fourth-order valence-electron chi connectivity index (χ4n) is 2.23. The van der Waals surface area contributed by atoms with E-state index in [2.05, 4.69) is 32.4 Å². The predicted molar refractivity (Wildman–Crippen MR) is 92.2 cm³/mol. The highest BCUT2D eigenvalue weighted by atomic mass is 32.2. The fourth-order valence-corrected chi connectivity index (χ4v) is 3.43. The third-order valence-electron chi connectivity index (χ3n) is 3.43. The molecule has 0 saturated carbocycles. The van der Waals surface area contributed by atoms with Gasteiger partial charge in [0.1, 0.15) is 5.82 Å². The molecule has 1 aliphatic rings. The zero-order chi connectivity index (χ0) is 15.1. The van der Waals surface area contributed by atoms with Gasteiger partial charge in [0.2, 0.25) is 0 Å². The molecule has 0 aliphatic carbocycles. The van der Waals surface area contributed by atoms with Crippen molar-refractivity contribution in [2.75, 3.05) is 38.3 Å². The molecule has 0 aromatic carbocycles. The van der Waals surface area contributed by atoms with Gasteiger partial charge in [0.05, 0.1) is 12.2 Å². The summed E-state index contributed by atoms with van der Waals surface area (Å²) in [6.45, 7) is 1.66. The van der Waals surface area contributed by atoms with Crippen LogP contribution in [0.15, 0.2) is 23.2 Å². The highest BCUT2D eigenvalue weighted by Crippen LogP contribution is 2.25. The Labute approximate surface area is 131 Å². The van der Waals surface area contributed by atoms with Gasteiger partial charge in [-0.3, -0.25) is 4.99 Å². The summed E-state index contributed by atoms with van der Waals surface area (Å²) >= 11 is 2.05. The molecule has 0 spiro atoms. The van der Waals surface area contributed by atoms with Crippen molar-refractivity contribution in [2.45, 2.75) is 24.6 Å². The number of aromatic nitrogens is 1. The number of rotatable bonds is 5. The second-order valence-electron chi connectivity index (χ2n) is 5.32. The van der Waals surface area contributed by atoms with Gasteiger partial charge in [0.25, 0.3) is 0 Å². The number of nitrogens with one attached hydrogen (secondary N) is 2. The molecular formula is C15H25N5S. The summed E-state index contributed by atoms with van der Waals surface area (Å²) in [6.07, 6.45) is 2.64. The van der Waals surface area contributed by atoms with E-state index in [1.165, 1.54) is 18.6 Å². The number of thioether (sulfide) groups is 1. The van der Waals surface area contributed by atoms with Gasteiger partial charge < -0.3 is 15.5 Å². The van der Waals surface area contributed by atoms with Crippen LogP contribution in [0.5, 0.6) is 0 Å². The van der Waals surface area contributed by atoms with Gasteiger partial charge in [-0.15, -0.1) is 0 Å². The van der Waals surface area contributed by atoms with Gasteiger partial charge in [-0.2, -0.15) is 11.8 Å². The van der Waals surface area contributed by atoms with Crippen molar-refractivity contribution < 1.29 is 0 Å². The molecule has 1 aliphatic heterocycles. The van der Waals surface area contributed by atoms with Crippen molar-refractivity contribution in [3.63, 3.8) is 0 Å². The lowest BCUT2D eigenvalue weighted by Gasteiger charge is -2.15. The molecule has 0 amide bonds. The Kier molecular flexibility index (Phi) is 6.17. The summed E-state index contributed by atoms with van der Waals surface area (Å²) in [6, 6.07) is 6.07. The quantitative estimate of drug-likeness (QED) is 0.641. The minimum absolute atomic E-state index is 0.680. The van der Waals surface area contributed by atoms with Crippen LogP contribution in [0, 0.1) is 0 Å². The summed E-state index contributed by atoms with van der Waals surface area (Å²) in [5.74, 6) is 3.11. The third kappa shape index (κ3) is 5.12. The minimum atomic E-state index is 0.680. The average Bonchev–Trinajstić information content (AvgIpc) is 3.01. The number of anilines is 1. The molecule has 116 valence electrons. The Bertz CT molecular complexity index is 469. The van der Waals surface area contributed by atoms with Crippen molar-refractivity contribution in [3.8, 4) is 0 Å². The van der Waals surface area contributed by atoms with Gasteiger partial charge in [-0.1, -0.05) is 6.07 Å². The van der Waals surface area contributed by atoms with E-state index in [1.54, 1.807) is 7.05 Å². The lowest BCUT2D eigenvalue weighted by atomic mass is 10.2. The maximum Gasteiger partial charge on any atom is 0.191 e. The largest absolute Gasteiger partial charge is 0.363 e. The topological polar surface area (TPSA) is 52.6 Å². The fraction of sp³-hybridized carbons (Fsp3) is 0.600. The van der Waals surface area contributed by atoms with E-state index < -0.39 is 0 Å². The van der Waals surface area contributed by atoms with Crippen LogP contribution in [0.1, 0.15) is 18.5 Å². The molecule has 0 bridgehead atoms. The standard InChI is InChI=1S/C15H25N5S/c1-16-15(18-11-13-7-5-9-21-13)17-10-12-6-4-8-14(19-12)20(2)3/h4,6,8,13H,5,7,9-11H2,1-3H3,(H2,16,17,18). The summed E-state index contributed by atoms with van der Waals surface area (Å²) < 4.78 is 0. The van der Waals surface area contributed by atoms with E-state index in [-0.39, 0.29) is 0 Å². The molecule has 5 nitrogen and oxygen atoms in total. The van der Waals surface area contributed by atoms with Gasteiger partial charge in [-0.25, -0.2) is 4.98 Å². The monoisotopic (exact) mass is 307 g/mol. The molecule has 0 radical (unpaired) electrons.